The lowest BCUT2D eigenvalue weighted by atomic mass is 10.3. The predicted molar refractivity (Wildman–Crippen MR) is 32.0 cm³/mol. The lowest BCUT2D eigenvalue weighted by Gasteiger charge is -1.95. The first-order chi connectivity index (χ1) is 3.31. The predicted octanol–water partition coefficient (Wildman–Crippen LogP) is 0.618. The molecule has 0 radical (unpaired) electrons. The molecule has 0 rings (SSSR count). The molecule has 0 aromatic carbocycles. The van der Waals surface area contributed by atoms with E-state index in [9.17, 15) is 0 Å². The Balaban J connectivity index is 3.29. The van der Waals surface area contributed by atoms with Gasteiger partial charge >= 0.3 is 0 Å². The summed E-state index contributed by atoms with van der Waals surface area (Å²) >= 11 is 0. The van der Waals surface area contributed by atoms with Crippen LogP contribution in [0.2, 0.25) is 0 Å². The molecule has 0 spiro atoms. The van der Waals surface area contributed by atoms with Gasteiger partial charge in [-0.1, -0.05) is 5.92 Å². The second-order valence-corrected chi connectivity index (χ2v) is 1.40. The van der Waals surface area contributed by atoms with Crippen LogP contribution >= 0.6 is 0 Å². The van der Waals surface area contributed by atoms with Crippen LogP contribution in [0.15, 0.2) is 0 Å². The van der Waals surface area contributed by atoms with E-state index in [1.54, 1.807) is 0 Å². The molecule has 0 bridgehead atoms. The van der Waals surface area contributed by atoms with Gasteiger partial charge in [-0.05, 0) is 20.9 Å². The Labute approximate surface area is 45.1 Å². The second kappa shape index (κ2) is 3.70. The molecule has 0 aliphatic heterocycles. The Hall–Kier alpha value is -0.480. The third kappa shape index (κ3) is 3.35. The van der Waals surface area contributed by atoms with Gasteiger partial charge in [0.25, 0.3) is 0 Å². The average Bonchev–Trinajstić information content (AvgIpc) is 1.68. The van der Waals surface area contributed by atoms with E-state index in [1.807, 2.05) is 20.9 Å². The first-order valence-electron chi connectivity index (χ1n) is 2.40. The van der Waals surface area contributed by atoms with Gasteiger partial charge < -0.3 is 5.32 Å². The Morgan fingerprint density at radius 2 is 2.14 bits per heavy atom. The molecule has 1 nitrogen and oxygen atoms in total. The molecule has 0 aromatic rings. The largest absolute Gasteiger partial charge is 0.307 e. The lowest BCUT2D eigenvalue weighted by molar-refractivity contribution is 0.749. The average molecular weight is 97.2 g/mol. The van der Waals surface area contributed by atoms with Gasteiger partial charge in [0.2, 0.25) is 0 Å². The van der Waals surface area contributed by atoms with Crippen molar-refractivity contribution in [2.24, 2.45) is 0 Å². The van der Waals surface area contributed by atoms with Gasteiger partial charge in [-0.25, -0.2) is 0 Å². The van der Waals surface area contributed by atoms with E-state index in [2.05, 4.69) is 17.2 Å². The minimum absolute atomic E-state index is 0.338. The van der Waals surface area contributed by atoms with Crippen molar-refractivity contribution < 1.29 is 0 Å². The van der Waals surface area contributed by atoms with Gasteiger partial charge in [-0.3, -0.25) is 0 Å². The Bertz CT molecular complexity index is 86.1. The van der Waals surface area contributed by atoms with E-state index in [0.717, 1.165) is 0 Å². The normalized spacial score (nSPS) is 11.9. The van der Waals surface area contributed by atoms with E-state index in [4.69, 9.17) is 0 Å². The second-order valence-electron chi connectivity index (χ2n) is 1.40. The van der Waals surface area contributed by atoms with Crippen LogP contribution in [0.4, 0.5) is 0 Å². The highest BCUT2D eigenvalue weighted by atomic mass is 14.8. The van der Waals surface area contributed by atoms with Gasteiger partial charge in [0, 0.05) is 0 Å². The minimum atomic E-state index is 0.338. The molecule has 0 aliphatic carbocycles. The molecule has 7 heavy (non-hydrogen) atoms. The van der Waals surface area contributed by atoms with Crippen molar-refractivity contribution in [1.29, 1.82) is 0 Å². The summed E-state index contributed by atoms with van der Waals surface area (Å²) in [6.45, 7) is 3.87. The van der Waals surface area contributed by atoms with Gasteiger partial charge in [-0.15, -0.1) is 5.92 Å². The molecule has 0 saturated heterocycles. The van der Waals surface area contributed by atoms with Crippen molar-refractivity contribution in [3.8, 4) is 11.8 Å². The van der Waals surface area contributed by atoms with E-state index in [-0.39, 0.29) is 0 Å². The number of rotatable bonds is 1. The molecule has 0 heterocycles. The number of hydrogen-bond donors (Lipinski definition) is 1. The third-order valence-electron chi connectivity index (χ3n) is 0.794. The monoisotopic (exact) mass is 97.1 g/mol. The molecule has 0 unspecified atom stereocenters. The maximum absolute atomic E-state index is 2.99. The SMILES string of the molecule is CC#C[C@@H](C)NC. The van der Waals surface area contributed by atoms with Gasteiger partial charge in [0.15, 0.2) is 0 Å². The summed E-state index contributed by atoms with van der Waals surface area (Å²) in [6, 6.07) is 0.338. The molecule has 0 saturated carbocycles. The van der Waals surface area contributed by atoms with Crippen LogP contribution in [-0.2, 0) is 0 Å². The Morgan fingerprint density at radius 3 is 2.29 bits per heavy atom. The van der Waals surface area contributed by atoms with E-state index in [0.29, 0.717) is 6.04 Å². The van der Waals surface area contributed by atoms with Gasteiger partial charge in [0.05, 0.1) is 6.04 Å². The summed E-state index contributed by atoms with van der Waals surface area (Å²) in [5.74, 6) is 5.74. The first kappa shape index (κ1) is 6.52. The first-order valence-corrected chi connectivity index (χ1v) is 2.40. The van der Waals surface area contributed by atoms with Crippen LogP contribution < -0.4 is 5.32 Å². The van der Waals surface area contributed by atoms with Crippen molar-refractivity contribution >= 4 is 0 Å². The summed E-state index contributed by atoms with van der Waals surface area (Å²) in [4.78, 5) is 0. The smallest absolute Gasteiger partial charge is 0.0658 e. The summed E-state index contributed by atoms with van der Waals surface area (Å²) in [5, 5.41) is 2.99. The van der Waals surface area contributed by atoms with Crippen LogP contribution in [0, 0.1) is 11.8 Å². The van der Waals surface area contributed by atoms with E-state index < -0.39 is 0 Å². The Kier molecular flexibility index (Phi) is 3.45. The van der Waals surface area contributed by atoms with Crippen LogP contribution in [-0.4, -0.2) is 13.1 Å². The highest BCUT2D eigenvalue weighted by Crippen LogP contribution is 1.70. The molecule has 1 N–H and O–H groups in total. The summed E-state index contributed by atoms with van der Waals surface area (Å²) in [5.41, 5.74) is 0. The zero-order valence-corrected chi connectivity index (χ0v) is 5.08. The fraction of sp³-hybridized carbons (Fsp3) is 0.667. The number of hydrogen-bond acceptors (Lipinski definition) is 1. The molecule has 0 aromatic heterocycles. The molecule has 40 valence electrons. The van der Waals surface area contributed by atoms with Crippen LogP contribution in [0.3, 0.4) is 0 Å². The third-order valence-corrected chi connectivity index (χ3v) is 0.794. The van der Waals surface area contributed by atoms with Gasteiger partial charge in [-0.2, -0.15) is 0 Å². The lowest BCUT2D eigenvalue weighted by Crippen LogP contribution is -2.18. The fourth-order valence-corrected chi connectivity index (χ4v) is 0.289. The minimum Gasteiger partial charge on any atom is -0.307 e. The highest BCUT2D eigenvalue weighted by molar-refractivity contribution is 5.02. The molecular weight excluding hydrogens is 86.1 g/mol. The van der Waals surface area contributed by atoms with Crippen molar-refractivity contribution in [3.63, 3.8) is 0 Å². The standard InChI is InChI=1S/C6H11N/c1-4-5-6(2)7-3/h6-7H,1-3H3/t6-/m1/s1. The van der Waals surface area contributed by atoms with E-state index in [1.165, 1.54) is 0 Å². The Morgan fingerprint density at radius 1 is 1.57 bits per heavy atom. The van der Waals surface area contributed by atoms with Crippen molar-refractivity contribution in [3.05, 3.63) is 0 Å². The van der Waals surface area contributed by atoms with Crippen LogP contribution in [0.1, 0.15) is 13.8 Å². The van der Waals surface area contributed by atoms with Crippen molar-refractivity contribution in [2.75, 3.05) is 7.05 Å². The number of nitrogens with one attached hydrogen (secondary N) is 1. The molecule has 1 atom stereocenters. The topological polar surface area (TPSA) is 12.0 Å². The van der Waals surface area contributed by atoms with Crippen LogP contribution in [0.25, 0.3) is 0 Å². The summed E-state index contributed by atoms with van der Waals surface area (Å²) in [6.07, 6.45) is 0. The molecule has 1 heteroatoms. The van der Waals surface area contributed by atoms with Crippen LogP contribution in [0.5, 0.6) is 0 Å². The zero-order valence-electron chi connectivity index (χ0n) is 5.08. The molecular formula is C6H11N. The van der Waals surface area contributed by atoms with Gasteiger partial charge in [0.1, 0.15) is 0 Å². The summed E-state index contributed by atoms with van der Waals surface area (Å²) < 4.78 is 0. The molecule has 0 amide bonds. The van der Waals surface area contributed by atoms with E-state index >= 15 is 0 Å². The maximum Gasteiger partial charge on any atom is 0.0658 e. The van der Waals surface area contributed by atoms with Crippen molar-refractivity contribution in [1.82, 2.24) is 5.32 Å². The quantitative estimate of drug-likeness (QED) is 0.473. The highest BCUT2D eigenvalue weighted by Gasteiger charge is 1.83. The zero-order chi connectivity index (χ0) is 5.70. The molecule has 0 fully saturated rings. The fourth-order valence-electron chi connectivity index (χ4n) is 0.289. The maximum atomic E-state index is 2.99. The summed E-state index contributed by atoms with van der Waals surface area (Å²) in [7, 11) is 1.90. The van der Waals surface area contributed by atoms with Crippen molar-refractivity contribution in [2.45, 2.75) is 19.9 Å². The molecule has 0 aliphatic rings.